The second kappa shape index (κ2) is 7.45. The quantitative estimate of drug-likeness (QED) is 0.268. The first-order chi connectivity index (χ1) is 10.4. The molecule has 130 valence electrons. The van der Waals surface area contributed by atoms with Gasteiger partial charge in [-0.3, -0.25) is 0 Å². The van der Waals surface area contributed by atoms with Gasteiger partial charge < -0.3 is 50.0 Å². The molecule has 0 amide bonds. The first kappa shape index (κ1) is 17.9. The van der Waals surface area contributed by atoms with Crippen LogP contribution in [-0.4, -0.2) is 104 Å². The summed E-state index contributed by atoms with van der Waals surface area (Å²) in [6, 6.07) is 0. The number of hydrogen-bond acceptors (Lipinski definition) is 10. The Morgan fingerprint density at radius 3 is 1.95 bits per heavy atom. The molecule has 2 saturated heterocycles. The normalized spacial score (nSPS) is 50.0. The summed E-state index contributed by atoms with van der Waals surface area (Å²) < 4.78 is 15.7. The van der Waals surface area contributed by atoms with E-state index in [1.54, 1.807) is 0 Å². The van der Waals surface area contributed by atoms with Gasteiger partial charge in [0.2, 0.25) is 0 Å². The molecule has 0 aromatic heterocycles. The van der Waals surface area contributed by atoms with E-state index in [0.29, 0.717) is 0 Å². The lowest BCUT2D eigenvalue weighted by molar-refractivity contribution is -0.358. The van der Waals surface area contributed by atoms with E-state index in [4.69, 9.17) is 24.4 Å². The van der Waals surface area contributed by atoms with Gasteiger partial charge in [0.1, 0.15) is 36.6 Å². The summed E-state index contributed by atoms with van der Waals surface area (Å²) >= 11 is 0. The molecule has 0 radical (unpaired) electrons. The Labute approximate surface area is 126 Å². The van der Waals surface area contributed by atoms with Crippen molar-refractivity contribution >= 4 is 0 Å². The Bertz CT molecular complexity index is 353. The molecular weight excluding hydrogens is 304 g/mol. The summed E-state index contributed by atoms with van der Waals surface area (Å²) in [6.07, 6.45) is -12.1. The summed E-state index contributed by atoms with van der Waals surface area (Å²) in [6.45, 7) is -1.15. The number of aliphatic hydroxyl groups excluding tert-OH is 7. The number of hydrogen-bond donors (Lipinski definition) is 7. The van der Waals surface area contributed by atoms with Crippen LogP contribution in [-0.2, 0) is 14.2 Å². The van der Waals surface area contributed by atoms with Gasteiger partial charge in [-0.05, 0) is 0 Å². The number of aliphatic hydroxyl groups is 7. The highest BCUT2D eigenvalue weighted by atomic mass is 16.8. The molecule has 0 aromatic rings. The third kappa shape index (κ3) is 3.57. The van der Waals surface area contributed by atoms with Crippen LogP contribution in [0.3, 0.4) is 0 Å². The maximum Gasteiger partial charge on any atom is 0.189 e. The summed E-state index contributed by atoms with van der Waals surface area (Å²) in [5.74, 6) is 0. The molecule has 0 aromatic carbocycles. The van der Waals surface area contributed by atoms with Crippen LogP contribution in [0.1, 0.15) is 6.42 Å². The standard InChI is InChI=1S/C12H22O10/c13-2-5-8(16)4(15)1-7(20-5)22-12-11(19)10(18)9(17)6(3-14)21-12/h4-19H,1-3H2/t4?,5-,6?,7+,8?,9?,10?,11?,12?/m0/s1. The van der Waals surface area contributed by atoms with E-state index in [1.807, 2.05) is 0 Å². The average Bonchev–Trinajstić information content (AvgIpc) is 2.51. The predicted octanol–water partition coefficient (Wildman–Crippen LogP) is -4.37. The van der Waals surface area contributed by atoms with Crippen LogP contribution in [0.2, 0.25) is 0 Å². The number of ether oxygens (including phenoxy) is 3. The lowest BCUT2D eigenvalue weighted by atomic mass is 9.99. The first-order valence-corrected chi connectivity index (χ1v) is 6.97. The van der Waals surface area contributed by atoms with E-state index in [9.17, 15) is 25.5 Å². The summed E-state index contributed by atoms with van der Waals surface area (Å²) in [5.41, 5.74) is 0. The van der Waals surface area contributed by atoms with E-state index in [2.05, 4.69) is 0 Å². The van der Waals surface area contributed by atoms with Gasteiger partial charge in [0.15, 0.2) is 12.6 Å². The summed E-state index contributed by atoms with van der Waals surface area (Å²) in [5, 5.41) is 66.6. The van der Waals surface area contributed by atoms with E-state index in [0.717, 1.165) is 0 Å². The highest BCUT2D eigenvalue weighted by molar-refractivity contribution is 4.90. The van der Waals surface area contributed by atoms with Gasteiger partial charge in [-0.2, -0.15) is 0 Å². The van der Waals surface area contributed by atoms with Crippen molar-refractivity contribution in [2.45, 2.75) is 61.7 Å². The fraction of sp³-hybridized carbons (Fsp3) is 1.00. The molecule has 22 heavy (non-hydrogen) atoms. The fourth-order valence-corrected chi connectivity index (χ4v) is 2.48. The SMILES string of the molecule is OCC1OC(O[C@@H]2CC(O)C(O)[C@H](CO)O2)C(O)C(O)C1O. The van der Waals surface area contributed by atoms with Crippen molar-refractivity contribution in [2.24, 2.45) is 0 Å². The summed E-state index contributed by atoms with van der Waals surface area (Å²) in [4.78, 5) is 0. The Hall–Kier alpha value is -0.400. The Morgan fingerprint density at radius 2 is 1.36 bits per heavy atom. The molecule has 2 aliphatic heterocycles. The third-order valence-corrected chi connectivity index (χ3v) is 3.85. The van der Waals surface area contributed by atoms with Crippen molar-refractivity contribution in [3.63, 3.8) is 0 Å². The second-order valence-corrected chi connectivity index (χ2v) is 5.41. The maximum atomic E-state index is 9.83. The minimum Gasteiger partial charge on any atom is -0.394 e. The van der Waals surface area contributed by atoms with E-state index in [1.165, 1.54) is 0 Å². The largest absolute Gasteiger partial charge is 0.394 e. The van der Waals surface area contributed by atoms with Gasteiger partial charge in [0, 0.05) is 6.42 Å². The van der Waals surface area contributed by atoms with Crippen molar-refractivity contribution in [3.8, 4) is 0 Å². The molecule has 2 heterocycles. The lowest BCUT2D eigenvalue weighted by Gasteiger charge is -2.43. The van der Waals surface area contributed by atoms with Crippen molar-refractivity contribution in [1.82, 2.24) is 0 Å². The Balaban J connectivity index is 2.00. The van der Waals surface area contributed by atoms with E-state index < -0.39 is 68.5 Å². The maximum absolute atomic E-state index is 9.83. The summed E-state index contributed by atoms with van der Waals surface area (Å²) in [7, 11) is 0. The van der Waals surface area contributed by atoms with Crippen LogP contribution in [0.15, 0.2) is 0 Å². The highest BCUT2D eigenvalue weighted by Gasteiger charge is 2.46. The third-order valence-electron chi connectivity index (χ3n) is 3.85. The zero-order valence-electron chi connectivity index (χ0n) is 11.7. The highest BCUT2D eigenvalue weighted by Crippen LogP contribution is 2.27. The van der Waals surface area contributed by atoms with Gasteiger partial charge in [0.05, 0.1) is 19.3 Å². The molecule has 2 fully saturated rings. The molecule has 10 heteroatoms. The average molecular weight is 326 g/mol. The minimum atomic E-state index is -1.60. The fourth-order valence-electron chi connectivity index (χ4n) is 2.48. The molecule has 2 rings (SSSR count). The monoisotopic (exact) mass is 326 g/mol. The molecular formula is C12H22O10. The molecule has 7 unspecified atom stereocenters. The Morgan fingerprint density at radius 1 is 0.773 bits per heavy atom. The zero-order chi connectivity index (χ0) is 16.4. The predicted molar refractivity (Wildman–Crippen MR) is 67.2 cm³/mol. The van der Waals surface area contributed by atoms with Crippen molar-refractivity contribution in [1.29, 1.82) is 0 Å². The topological polar surface area (TPSA) is 169 Å². The molecule has 0 spiro atoms. The van der Waals surface area contributed by atoms with Crippen LogP contribution in [0.4, 0.5) is 0 Å². The first-order valence-electron chi connectivity index (χ1n) is 6.97. The van der Waals surface area contributed by atoms with E-state index >= 15 is 0 Å². The van der Waals surface area contributed by atoms with Crippen LogP contribution in [0.25, 0.3) is 0 Å². The van der Waals surface area contributed by atoms with Crippen molar-refractivity contribution in [2.75, 3.05) is 13.2 Å². The smallest absolute Gasteiger partial charge is 0.189 e. The van der Waals surface area contributed by atoms with Gasteiger partial charge in [0.25, 0.3) is 0 Å². The number of rotatable bonds is 4. The van der Waals surface area contributed by atoms with Crippen LogP contribution < -0.4 is 0 Å². The molecule has 2 aliphatic rings. The van der Waals surface area contributed by atoms with Gasteiger partial charge in [-0.25, -0.2) is 0 Å². The van der Waals surface area contributed by atoms with Crippen molar-refractivity contribution < 1.29 is 50.0 Å². The van der Waals surface area contributed by atoms with Gasteiger partial charge >= 0.3 is 0 Å². The Kier molecular flexibility index (Phi) is 6.07. The molecule has 10 nitrogen and oxygen atoms in total. The molecule has 7 N–H and O–H groups in total. The van der Waals surface area contributed by atoms with Gasteiger partial charge in [-0.15, -0.1) is 0 Å². The van der Waals surface area contributed by atoms with Crippen LogP contribution in [0, 0.1) is 0 Å². The molecule has 0 bridgehead atoms. The van der Waals surface area contributed by atoms with Gasteiger partial charge in [-0.1, -0.05) is 0 Å². The molecule has 9 atom stereocenters. The lowest BCUT2D eigenvalue weighted by Crippen LogP contribution is -2.60. The molecule has 0 aliphatic carbocycles. The zero-order valence-corrected chi connectivity index (χ0v) is 11.7. The van der Waals surface area contributed by atoms with Crippen LogP contribution in [0.5, 0.6) is 0 Å². The van der Waals surface area contributed by atoms with Crippen molar-refractivity contribution in [3.05, 3.63) is 0 Å². The van der Waals surface area contributed by atoms with E-state index in [-0.39, 0.29) is 6.42 Å². The minimum absolute atomic E-state index is 0.146. The second-order valence-electron chi connectivity index (χ2n) is 5.41. The molecule has 0 saturated carbocycles. The van der Waals surface area contributed by atoms with Crippen LogP contribution >= 0.6 is 0 Å².